The molecule has 4 rings (SSSR count). The third-order valence-electron chi connectivity index (χ3n) is 4.73. The number of rotatable bonds is 2. The van der Waals surface area contributed by atoms with Crippen LogP contribution >= 0.6 is 12.4 Å². The van der Waals surface area contributed by atoms with Gasteiger partial charge in [-0.25, -0.2) is 9.97 Å². The summed E-state index contributed by atoms with van der Waals surface area (Å²) < 4.78 is 39.0. The highest BCUT2D eigenvalue weighted by Gasteiger charge is 2.30. The van der Waals surface area contributed by atoms with Crippen LogP contribution in [0.5, 0.6) is 0 Å². The fraction of sp³-hybridized carbons (Fsp3) is 0.368. The summed E-state index contributed by atoms with van der Waals surface area (Å²) >= 11 is 0. The summed E-state index contributed by atoms with van der Waals surface area (Å²) in [6, 6.07) is 7.13. The van der Waals surface area contributed by atoms with Crippen LogP contribution in [-0.4, -0.2) is 33.5 Å². The highest BCUT2D eigenvalue weighted by Crippen LogP contribution is 2.34. The van der Waals surface area contributed by atoms with E-state index in [1.807, 2.05) is 6.92 Å². The Hall–Kier alpha value is -2.32. The van der Waals surface area contributed by atoms with Gasteiger partial charge in [0.05, 0.1) is 11.1 Å². The van der Waals surface area contributed by atoms with E-state index in [1.165, 1.54) is 12.5 Å². The Balaban J connectivity index is 0.00000140. The fourth-order valence-corrected chi connectivity index (χ4v) is 3.46. The average Bonchev–Trinajstić information content (AvgIpc) is 3.05. The quantitative estimate of drug-likeness (QED) is 0.668. The smallest absolute Gasteiger partial charge is 0.412 e. The van der Waals surface area contributed by atoms with Gasteiger partial charge in [0.15, 0.2) is 5.82 Å². The number of halogens is 4. The number of nitrogens with one attached hydrogen (secondary N) is 1. The Morgan fingerprint density at radius 2 is 1.75 bits per heavy atom. The van der Waals surface area contributed by atoms with E-state index in [2.05, 4.69) is 19.9 Å². The second-order valence-electron chi connectivity index (χ2n) is 6.66. The number of alkyl halides is 3. The number of anilines is 1. The minimum absolute atomic E-state index is 0. The molecule has 1 saturated heterocycles. The average molecular weight is 415 g/mol. The molecule has 1 fully saturated rings. The van der Waals surface area contributed by atoms with Crippen molar-refractivity contribution < 1.29 is 18.6 Å². The number of aryl methyl sites for hydroxylation is 1. The molecule has 2 aromatic heterocycles. The third kappa shape index (κ3) is 4.23. The van der Waals surface area contributed by atoms with E-state index >= 15 is 0 Å². The fourth-order valence-electron chi connectivity index (χ4n) is 3.46. The lowest BCUT2D eigenvalue weighted by molar-refractivity contribution is -0.137. The summed E-state index contributed by atoms with van der Waals surface area (Å²) in [7, 11) is 0. The van der Waals surface area contributed by atoms with Crippen molar-refractivity contribution >= 4 is 29.3 Å². The van der Waals surface area contributed by atoms with Gasteiger partial charge in [0.1, 0.15) is 11.3 Å². The van der Waals surface area contributed by atoms with E-state index in [9.17, 15) is 13.2 Å². The van der Waals surface area contributed by atoms with Crippen LogP contribution < -0.4 is 4.90 Å². The van der Waals surface area contributed by atoms with Crippen LogP contribution in [0.3, 0.4) is 0 Å². The van der Waals surface area contributed by atoms with Gasteiger partial charge >= 0.3 is 6.18 Å². The number of benzene rings is 1. The molecule has 1 aliphatic heterocycles. The van der Waals surface area contributed by atoms with Crippen LogP contribution in [0.25, 0.3) is 22.3 Å². The highest BCUT2D eigenvalue weighted by atomic mass is 35.5. The minimum Gasteiger partial charge on any atom is -0.412 e. The molecule has 5 nitrogen and oxygen atoms in total. The molecule has 1 aliphatic rings. The zero-order valence-electron chi connectivity index (χ0n) is 15.3. The first kappa shape index (κ1) is 22.0. The van der Waals surface area contributed by atoms with Crippen molar-refractivity contribution in [2.24, 2.45) is 0 Å². The van der Waals surface area contributed by atoms with Gasteiger partial charge in [-0.3, -0.25) is 0 Å². The van der Waals surface area contributed by atoms with Crippen molar-refractivity contribution in [3.63, 3.8) is 0 Å². The number of piperidine rings is 1. The molecule has 0 unspecified atom stereocenters. The molecule has 0 saturated carbocycles. The lowest BCUT2D eigenvalue weighted by Gasteiger charge is -2.28. The van der Waals surface area contributed by atoms with Gasteiger partial charge in [-0.15, -0.1) is 12.4 Å². The number of H-pyrrole nitrogens is 1. The molecule has 3 aromatic rings. The number of aromatic amines is 1. The Morgan fingerprint density at radius 1 is 1.04 bits per heavy atom. The maximum absolute atomic E-state index is 13.0. The summed E-state index contributed by atoms with van der Waals surface area (Å²) in [6.07, 6.45) is -0.918. The molecule has 152 valence electrons. The van der Waals surface area contributed by atoms with Crippen molar-refractivity contribution in [2.75, 3.05) is 18.0 Å². The van der Waals surface area contributed by atoms with Crippen molar-refractivity contribution in [3.8, 4) is 11.3 Å². The first-order valence-corrected chi connectivity index (χ1v) is 8.72. The van der Waals surface area contributed by atoms with Crippen molar-refractivity contribution in [1.29, 1.82) is 0 Å². The maximum atomic E-state index is 13.0. The monoisotopic (exact) mass is 414 g/mol. The summed E-state index contributed by atoms with van der Waals surface area (Å²) in [5, 5.41) is 0. The van der Waals surface area contributed by atoms with Crippen LogP contribution in [-0.2, 0) is 6.18 Å². The van der Waals surface area contributed by atoms with Crippen molar-refractivity contribution in [3.05, 3.63) is 41.7 Å². The molecular formula is C19H22ClF3N4O. The van der Waals surface area contributed by atoms with E-state index in [0.717, 1.165) is 54.9 Å². The number of hydrogen-bond donors (Lipinski definition) is 1. The largest absolute Gasteiger partial charge is 0.416 e. The van der Waals surface area contributed by atoms with E-state index in [-0.39, 0.29) is 17.9 Å². The maximum Gasteiger partial charge on any atom is 0.416 e. The van der Waals surface area contributed by atoms with E-state index in [4.69, 9.17) is 0 Å². The second-order valence-corrected chi connectivity index (χ2v) is 6.66. The van der Waals surface area contributed by atoms with Gasteiger partial charge in [0.25, 0.3) is 0 Å². The summed E-state index contributed by atoms with van der Waals surface area (Å²) in [5.74, 6) is 1.50. The third-order valence-corrected chi connectivity index (χ3v) is 4.73. The van der Waals surface area contributed by atoms with Gasteiger partial charge in [0, 0.05) is 18.8 Å². The van der Waals surface area contributed by atoms with Crippen LogP contribution in [0.4, 0.5) is 19.0 Å². The zero-order valence-corrected chi connectivity index (χ0v) is 16.1. The molecule has 0 amide bonds. The van der Waals surface area contributed by atoms with Crippen molar-refractivity contribution in [2.45, 2.75) is 32.4 Å². The van der Waals surface area contributed by atoms with E-state index < -0.39 is 11.7 Å². The molecule has 0 atom stereocenters. The van der Waals surface area contributed by atoms with E-state index in [0.29, 0.717) is 17.1 Å². The van der Waals surface area contributed by atoms with Gasteiger partial charge < -0.3 is 15.4 Å². The van der Waals surface area contributed by atoms with Gasteiger partial charge in [-0.2, -0.15) is 13.2 Å². The van der Waals surface area contributed by atoms with Crippen LogP contribution in [0, 0.1) is 6.92 Å². The second kappa shape index (κ2) is 8.36. The van der Waals surface area contributed by atoms with Gasteiger partial charge in [-0.05, 0) is 49.9 Å². The van der Waals surface area contributed by atoms with Gasteiger partial charge in [0.2, 0.25) is 0 Å². The predicted molar refractivity (Wildman–Crippen MR) is 106 cm³/mol. The Morgan fingerprint density at radius 3 is 2.43 bits per heavy atom. The Bertz CT molecular complexity index is 952. The Kier molecular flexibility index (Phi) is 6.56. The molecular weight excluding hydrogens is 393 g/mol. The lowest BCUT2D eigenvalue weighted by Crippen LogP contribution is -2.30. The Labute approximate surface area is 166 Å². The number of aromatic nitrogens is 3. The molecule has 28 heavy (non-hydrogen) atoms. The summed E-state index contributed by atoms with van der Waals surface area (Å²) in [5.41, 5.74) is 1.95. The topological polar surface area (TPSA) is 76.3 Å². The normalized spacial score (nSPS) is 14.5. The molecule has 0 aliphatic carbocycles. The lowest BCUT2D eigenvalue weighted by atomic mass is 10.1. The standard InChI is InChI=1S/C19H19F3N4.ClH.H2O/c1-12-23-16-11-15(13-6-5-7-14(10-13)19(20,21)22)25-17(16)18(24-12)26-8-3-2-4-9-26;;/h5-7,10-11,25H,2-4,8-9H2,1H3;1H;1H2. The molecule has 9 heteroatoms. The molecule has 0 radical (unpaired) electrons. The molecule has 0 bridgehead atoms. The summed E-state index contributed by atoms with van der Waals surface area (Å²) in [4.78, 5) is 14.5. The minimum atomic E-state index is -4.36. The molecule has 3 heterocycles. The van der Waals surface area contributed by atoms with Gasteiger partial charge in [-0.1, -0.05) is 12.1 Å². The summed E-state index contributed by atoms with van der Waals surface area (Å²) in [6.45, 7) is 3.71. The number of nitrogens with zero attached hydrogens (tertiary/aromatic N) is 3. The van der Waals surface area contributed by atoms with Crippen molar-refractivity contribution in [1.82, 2.24) is 15.0 Å². The first-order chi connectivity index (χ1) is 12.4. The molecule has 1 aromatic carbocycles. The highest BCUT2D eigenvalue weighted by molar-refractivity contribution is 5.91. The zero-order chi connectivity index (χ0) is 18.3. The number of hydrogen-bond acceptors (Lipinski definition) is 3. The molecule has 0 spiro atoms. The SMILES string of the molecule is Cc1nc(N2CCCCC2)c2[nH]c(-c3cccc(C(F)(F)F)c3)cc2n1.Cl.O. The number of fused-ring (bicyclic) bond motifs is 1. The van der Waals surface area contributed by atoms with Crippen LogP contribution in [0.15, 0.2) is 30.3 Å². The first-order valence-electron chi connectivity index (χ1n) is 8.72. The van der Waals surface area contributed by atoms with E-state index in [1.54, 1.807) is 12.1 Å². The molecule has 3 N–H and O–H groups in total. The van der Waals surface area contributed by atoms with Crippen LogP contribution in [0.1, 0.15) is 30.7 Å². The van der Waals surface area contributed by atoms with Crippen LogP contribution in [0.2, 0.25) is 0 Å². The predicted octanol–water partition coefficient (Wildman–Crippen LogP) is 4.54.